The number of amides is 1. The van der Waals surface area contributed by atoms with Crippen molar-refractivity contribution in [3.63, 3.8) is 0 Å². The van der Waals surface area contributed by atoms with E-state index in [9.17, 15) is 9.90 Å². The van der Waals surface area contributed by atoms with Crippen molar-refractivity contribution in [1.29, 1.82) is 0 Å². The maximum Gasteiger partial charge on any atom is 0.227 e. The van der Waals surface area contributed by atoms with E-state index in [-0.39, 0.29) is 12.4 Å². The van der Waals surface area contributed by atoms with Gasteiger partial charge in [0.1, 0.15) is 10.8 Å². The molecule has 0 radical (unpaired) electrons. The Morgan fingerprint density at radius 2 is 2.17 bits per heavy atom. The van der Waals surface area contributed by atoms with Gasteiger partial charge in [-0.2, -0.15) is 4.98 Å². The largest absolute Gasteiger partial charge is 0.497 e. The number of carbonyl (C=O) groups excluding carboxylic acids is 1. The van der Waals surface area contributed by atoms with Crippen LogP contribution in [-0.4, -0.2) is 38.8 Å². The summed E-state index contributed by atoms with van der Waals surface area (Å²) in [6.07, 6.45) is 2.10. The zero-order valence-electron chi connectivity index (χ0n) is 16.5. The van der Waals surface area contributed by atoms with Crippen molar-refractivity contribution in [2.45, 2.75) is 25.0 Å². The quantitative estimate of drug-likeness (QED) is 0.358. The molecule has 0 spiro atoms. The standard InChI is InChI=1S/C21H20N4O4S/c1-11-18-15(13(9-26)8-23-11)7-16-20(29-18)24-19(25-21(16)30-10-17(22)27)12-4-3-5-14(6-12)28-2/h3-6,8,26H,7,9-10H2,1-2H3,(H2,22,27). The van der Waals surface area contributed by atoms with Gasteiger partial charge in [0.2, 0.25) is 11.8 Å². The molecule has 0 atom stereocenters. The first-order chi connectivity index (χ1) is 14.5. The SMILES string of the molecule is COc1cccc(-c2nc3c(c(SCC(N)=O)n2)Cc2c(CO)cnc(C)c2O3)c1. The fraction of sp³-hybridized carbons (Fsp3) is 0.238. The van der Waals surface area contributed by atoms with Gasteiger partial charge >= 0.3 is 0 Å². The lowest BCUT2D eigenvalue weighted by Gasteiger charge is -2.24. The Bertz CT molecular complexity index is 1140. The minimum Gasteiger partial charge on any atom is -0.497 e. The number of aromatic nitrogens is 3. The number of hydrogen-bond donors (Lipinski definition) is 2. The van der Waals surface area contributed by atoms with Crippen molar-refractivity contribution in [1.82, 2.24) is 15.0 Å². The van der Waals surface area contributed by atoms with E-state index in [1.807, 2.05) is 31.2 Å². The summed E-state index contributed by atoms with van der Waals surface area (Å²) in [7, 11) is 1.59. The zero-order valence-corrected chi connectivity index (χ0v) is 17.3. The molecule has 3 heterocycles. The number of methoxy groups -OCH3 is 1. The predicted octanol–water partition coefficient (Wildman–Crippen LogP) is 2.62. The number of thioether (sulfide) groups is 1. The molecule has 0 bridgehead atoms. The van der Waals surface area contributed by atoms with Crippen molar-refractivity contribution in [3.05, 3.63) is 52.8 Å². The van der Waals surface area contributed by atoms with Crippen LogP contribution in [0.25, 0.3) is 11.4 Å². The summed E-state index contributed by atoms with van der Waals surface area (Å²) in [5.74, 6) is 1.77. The Balaban J connectivity index is 1.84. The number of carbonyl (C=O) groups is 1. The number of aliphatic hydroxyl groups is 1. The molecule has 1 aromatic carbocycles. The average Bonchev–Trinajstić information content (AvgIpc) is 2.76. The first-order valence-electron chi connectivity index (χ1n) is 9.22. The van der Waals surface area contributed by atoms with Crippen molar-refractivity contribution in [2.75, 3.05) is 12.9 Å². The van der Waals surface area contributed by atoms with Gasteiger partial charge in [-0.3, -0.25) is 9.78 Å². The van der Waals surface area contributed by atoms with E-state index >= 15 is 0 Å². The molecule has 0 saturated carbocycles. The van der Waals surface area contributed by atoms with Crippen molar-refractivity contribution < 1.29 is 19.4 Å². The lowest BCUT2D eigenvalue weighted by Crippen LogP contribution is -2.15. The van der Waals surface area contributed by atoms with Crippen LogP contribution in [0.5, 0.6) is 17.4 Å². The Labute approximate surface area is 177 Å². The van der Waals surface area contributed by atoms with E-state index in [1.54, 1.807) is 13.3 Å². The molecule has 2 aromatic heterocycles. The highest BCUT2D eigenvalue weighted by molar-refractivity contribution is 7.99. The summed E-state index contributed by atoms with van der Waals surface area (Å²) in [6.45, 7) is 1.69. The predicted molar refractivity (Wildman–Crippen MR) is 112 cm³/mol. The molecule has 3 aromatic rings. The van der Waals surface area contributed by atoms with Crippen LogP contribution in [0.3, 0.4) is 0 Å². The van der Waals surface area contributed by atoms with E-state index in [4.69, 9.17) is 15.2 Å². The Morgan fingerprint density at radius 1 is 1.33 bits per heavy atom. The summed E-state index contributed by atoms with van der Waals surface area (Å²) < 4.78 is 11.4. The number of aryl methyl sites for hydroxylation is 1. The number of nitrogens with two attached hydrogens (primary N) is 1. The van der Waals surface area contributed by atoms with Crippen LogP contribution in [0.1, 0.15) is 22.4 Å². The first-order valence-corrected chi connectivity index (χ1v) is 10.2. The van der Waals surface area contributed by atoms with Crippen LogP contribution in [0.2, 0.25) is 0 Å². The molecule has 8 nitrogen and oxygen atoms in total. The summed E-state index contributed by atoms with van der Waals surface area (Å²) >= 11 is 1.24. The third kappa shape index (κ3) is 3.81. The molecule has 0 unspecified atom stereocenters. The van der Waals surface area contributed by atoms with Crippen molar-refractivity contribution in [2.24, 2.45) is 5.73 Å². The van der Waals surface area contributed by atoms with E-state index in [2.05, 4.69) is 15.0 Å². The summed E-state index contributed by atoms with van der Waals surface area (Å²) in [5, 5.41) is 10.3. The van der Waals surface area contributed by atoms with Crippen LogP contribution < -0.4 is 15.2 Å². The van der Waals surface area contributed by atoms with Gasteiger partial charge in [0.05, 0.1) is 30.7 Å². The summed E-state index contributed by atoms with van der Waals surface area (Å²) in [6, 6.07) is 7.39. The fourth-order valence-corrected chi connectivity index (χ4v) is 4.01. The Morgan fingerprint density at radius 3 is 2.90 bits per heavy atom. The number of rotatable bonds is 6. The second-order valence-electron chi connectivity index (χ2n) is 6.74. The van der Waals surface area contributed by atoms with Crippen LogP contribution in [-0.2, 0) is 17.8 Å². The highest BCUT2D eigenvalue weighted by Crippen LogP contribution is 2.42. The number of hydrogen-bond acceptors (Lipinski definition) is 8. The van der Waals surface area contributed by atoms with Crippen LogP contribution in [0, 0.1) is 6.92 Å². The van der Waals surface area contributed by atoms with Crippen LogP contribution in [0.15, 0.2) is 35.5 Å². The molecule has 4 rings (SSSR count). The Kier molecular flexibility index (Phi) is 5.56. The third-order valence-corrected chi connectivity index (χ3v) is 5.78. The van der Waals surface area contributed by atoms with Gasteiger partial charge in [-0.1, -0.05) is 23.9 Å². The Hall–Kier alpha value is -3.17. The molecule has 1 amide bonds. The number of primary amides is 1. The minimum absolute atomic E-state index is 0.0795. The molecule has 0 fully saturated rings. The number of pyridine rings is 1. The fourth-order valence-electron chi connectivity index (χ4n) is 3.24. The highest BCUT2D eigenvalue weighted by Gasteiger charge is 2.28. The van der Waals surface area contributed by atoms with Gasteiger partial charge in [-0.25, -0.2) is 4.98 Å². The average molecular weight is 424 g/mol. The molecular formula is C21H20N4O4S. The molecule has 1 aliphatic heterocycles. The van der Waals surface area contributed by atoms with Gasteiger partial charge in [-0.05, 0) is 19.1 Å². The number of fused-ring (bicyclic) bond motifs is 2. The second-order valence-corrected chi connectivity index (χ2v) is 7.70. The second kappa shape index (κ2) is 8.29. The van der Waals surface area contributed by atoms with Crippen molar-refractivity contribution in [3.8, 4) is 28.8 Å². The van der Waals surface area contributed by atoms with Gasteiger partial charge in [0.25, 0.3) is 0 Å². The first kappa shape index (κ1) is 20.1. The summed E-state index contributed by atoms with van der Waals surface area (Å²) in [4.78, 5) is 25.0. The third-order valence-electron chi connectivity index (χ3n) is 4.74. The van der Waals surface area contributed by atoms with Gasteiger partial charge in [0.15, 0.2) is 11.6 Å². The van der Waals surface area contributed by atoms with Crippen LogP contribution in [0.4, 0.5) is 0 Å². The lowest BCUT2D eigenvalue weighted by molar-refractivity contribution is -0.115. The summed E-state index contributed by atoms with van der Waals surface area (Å²) in [5.41, 5.74) is 9.10. The lowest BCUT2D eigenvalue weighted by atomic mass is 9.99. The van der Waals surface area contributed by atoms with Crippen molar-refractivity contribution >= 4 is 17.7 Å². The van der Waals surface area contributed by atoms with E-state index in [0.717, 1.165) is 16.7 Å². The molecule has 9 heteroatoms. The number of aliphatic hydroxyl groups excluding tert-OH is 1. The number of benzene rings is 1. The molecule has 154 valence electrons. The number of ether oxygens (including phenoxy) is 2. The monoisotopic (exact) mass is 424 g/mol. The topological polar surface area (TPSA) is 120 Å². The normalized spacial score (nSPS) is 12.0. The molecule has 0 saturated heterocycles. The molecule has 0 aliphatic carbocycles. The van der Waals surface area contributed by atoms with Gasteiger partial charge in [-0.15, -0.1) is 0 Å². The van der Waals surface area contributed by atoms with Crippen LogP contribution >= 0.6 is 11.8 Å². The maximum absolute atomic E-state index is 11.4. The molecule has 1 aliphatic rings. The van der Waals surface area contributed by atoms with Gasteiger partial charge < -0.3 is 20.3 Å². The highest BCUT2D eigenvalue weighted by atomic mass is 32.2. The molecule has 30 heavy (non-hydrogen) atoms. The minimum atomic E-state index is -0.441. The van der Waals surface area contributed by atoms with E-state index < -0.39 is 5.91 Å². The zero-order chi connectivity index (χ0) is 21.3. The maximum atomic E-state index is 11.4. The van der Waals surface area contributed by atoms with E-state index in [1.165, 1.54) is 11.8 Å². The smallest absolute Gasteiger partial charge is 0.227 e. The van der Waals surface area contributed by atoms with E-state index in [0.29, 0.717) is 45.9 Å². The number of nitrogens with zero attached hydrogens (tertiary/aromatic N) is 3. The molecular weight excluding hydrogens is 404 g/mol. The van der Waals surface area contributed by atoms with Gasteiger partial charge in [0, 0.05) is 29.3 Å². The molecule has 3 N–H and O–H groups in total.